The number of anilines is 1. The van der Waals surface area contributed by atoms with E-state index in [4.69, 9.17) is 9.72 Å². The minimum atomic E-state index is -1.37. The number of carbonyl (C=O) groups is 1. The molecule has 33 heavy (non-hydrogen) atoms. The Bertz CT molecular complexity index is 1090. The van der Waals surface area contributed by atoms with Crippen LogP contribution < -0.4 is 14.4 Å². The SMILES string of the molecule is CC[S+]([O-])NC(=O)c1ccc(OC2CC2)cc1N1CCN(Cc2nc3ccccc3s2)CC1. The Hall–Kier alpha value is -2.33. The number of carbonyl (C=O) groups excluding carboxylic acids is 1. The quantitative estimate of drug-likeness (QED) is 0.493. The van der Waals surface area contributed by atoms with Gasteiger partial charge >= 0.3 is 0 Å². The first kappa shape index (κ1) is 22.5. The Labute approximate surface area is 201 Å². The number of aromatic nitrogens is 1. The predicted molar refractivity (Wildman–Crippen MR) is 133 cm³/mol. The van der Waals surface area contributed by atoms with Crippen LogP contribution in [0.4, 0.5) is 5.69 Å². The van der Waals surface area contributed by atoms with Crippen molar-refractivity contribution in [3.63, 3.8) is 0 Å². The van der Waals surface area contributed by atoms with Gasteiger partial charge in [-0.05, 0) is 44.0 Å². The fourth-order valence-corrected chi connectivity index (χ4v) is 5.44. The van der Waals surface area contributed by atoms with Gasteiger partial charge in [-0.2, -0.15) is 4.72 Å². The molecule has 5 rings (SSSR count). The predicted octanol–water partition coefficient (Wildman–Crippen LogP) is 3.57. The highest BCUT2D eigenvalue weighted by Crippen LogP contribution is 2.32. The molecule has 1 aliphatic heterocycles. The van der Waals surface area contributed by atoms with Crippen LogP contribution in [0.25, 0.3) is 10.2 Å². The summed E-state index contributed by atoms with van der Waals surface area (Å²) in [6, 6.07) is 13.8. The highest BCUT2D eigenvalue weighted by atomic mass is 32.2. The number of para-hydroxylation sites is 1. The number of ether oxygens (including phenoxy) is 1. The van der Waals surface area contributed by atoms with Crippen LogP contribution in [0.2, 0.25) is 0 Å². The van der Waals surface area contributed by atoms with E-state index in [0.717, 1.165) is 67.5 Å². The van der Waals surface area contributed by atoms with Crippen LogP contribution in [0, 0.1) is 0 Å². The number of hydrogen-bond acceptors (Lipinski definition) is 7. The number of thiazole rings is 1. The lowest BCUT2D eigenvalue weighted by Crippen LogP contribution is -2.46. The molecule has 174 valence electrons. The molecular formula is C24H28N4O3S2. The zero-order valence-electron chi connectivity index (χ0n) is 18.7. The van der Waals surface area contributed by atoms with Gasteiger partial charge < -0.3 is 14.2 Å². The van der Waals surface area contributed by atoms with Crippen molar-refractivity contribution in [2.75, 3.05) is 36.8 Å². The van der Waals surface area contributed by atoms with Crippen molar-refractivity contribution in [2.24, 2.45) is 0 Å². The van der Waals surface area contributed by atoms with Gasteiger partial charge in [0.25, 0.3) is 5.91 Å². The topological polar surface area (TPSA) is 80.8 Å². The summed E-state index contributed by atoms with van der Waals surface area (Å²) >= 11 is 0.377. The number of hydrogen-bond donors (Lipinski definition) is 1. The van der Waals surface area contributed by atoms with E-state index in [1.54, 1.807) is 24.3 Å². The van der Waals surface area contributed by atoms with E-state index < -0.39 is 11.4 Å². The maximum absolute atomic E-state index is 12.8. The van der Waals surface area contributed by atoms with Gasteiger partial charge in [-0.25, -0.2) is 4.98 Å². The number of fused-ring (bicyclic) bond motifs is 1. The van der Waals surface area contributed by atoms with Crippen molar-refractivity contribution >= 4 is 44.5 Å². The van der Waals surface area contributed by atoms with Crippen LogP contribution in [0.3, 0.4) is 0 Å². The molecule has 7 nitrogen and oxygen atoms in total. The van der Waals surface area contributed by atoms with Crippen LogP contribution in [-0.4, -0.2) is 58.4 Å². The fourth-order valence-electron chi connectivity index (χ4n) is 3.97. The molecule has 1 aliphatic carbocycles. The molecule has 0 bridgehead atoms. The Balaban J connectivity index is 1.29. The van der Waals surface area contributed by atoms with Gasteiger partial charge in [0, 0.05) is 32.2 Å². The second-order valence-electron chi connectivity index (χ2n) is 8.40. The Morgan fingerprint density at radius 1 is 1.21 bits per heavy atom. The lowest BCUT2D eigenvalue weighted by molar-refractivity contribution is 0.0981. The number of amides is 1. The van der Waals surface area contributed by atoms with E-state index >= 15 is 0 Å². The molecule has 1 saturated heterocycles. The van der Waals surface area contributed by atoms with Crippen LogP contribution in [-0.2, 0) is 17.9 Å². The van der Waals surface area contributed by atoms with Crippen LogP contribution in [0.15, 0.2) is 42.5 Å². The largest absolute Gasteiger partial charge is 0.593 e. The van der Waals surface area contributed by atoms with Gasteiger partial charge in [0.1, 0.15) is 16.5 Å². The highest BCUT2D eigenvalue weighted by molar-refractivity contribution is 7.90. The normalized spacial score (nSPS) is 17.8. The molecule has 2 fully saturated rings. The maximum Gasteiger partial charge on any atom is 0.294 e. The zero-order valence-corrected chi connectivity index (χ0v) is 20.3. The lowest BCUT2D eigenvalue weighted by Gasteiger charge is -2.36. The summed E-state index contributed by atoms with van der Waals surface area (Å²) in [7, 11) is 0. The molecule has 1 saturated carbocycles. The maximum atomic E-state index is 12.8. The van der Waals surface area contributed by atoms with Crippen LogP contribution >= 0.6 is 11.3 Å². The van der Waals surface area contributed by atoms with Gasteiger partial charge in [0.2, 0.25) is 0 Å². The molecule has 2 heterocycles. The molecule has 0 radical (unpaired) electrons. The molecule has 1 amide bonds. The van der Waals surface area contributed by atoms with E-state index in [1.165, 1.54) is 4.70 Å². The summed E-state index contributed by atoms with van der Waals surface area (Å²) in [4.78, 5) is 22.2. The number of rotatable bonds is 8. The summed E-state index contributed by atoms with van der Waals surface area (Å²) in [6.45, 7) is 5.98. The van der Waals surface area contributed by atoms with Crippen LogP contribution in [0.1, 0.15) is 35.1 Å². The van der Waals surface area contributed by atoms with Crippen molar-refractivity contribution in [1.82, 2.24) is 14.6 Å². The standard InChI is InChI=1S/C24H28N4O3S2/c1-2-33(30)26-24(29)19-10-9-18(31-17-7-8-17)15-21(19)28-13-11-27(12-14-28)16-23-25-20-5-3-4-6-22(20)32-23/h3-6,9-10,15,17H,2,7-8,11-14,16H2,1H3,(H,26,29). The fraction of sp³-hybridized carbons (Fsp3) is 0.417. The van der Waals surface area contributed by atoms with Crippen molar-refractivity contribution in [3.05, 3.63) is 53.0 Å². The van der Waals surface area contributed by atoms with Crippen LogP contribution in [0.5, 0.6) is 5.75 Å². The van der Waals surface area contributed by atoms with Crippen molar-refractivity contribution in [2.45, 2.75) is 32.4 Å². The van der Waals surface area contributed by atoms with Gasteiger partial charge in [-0.15, -0.1) is 11.3 Å². The molecule has 2 aliphatic rings. The monoisotopic (exact) mass is 484 g/mol. The molecule has 1 unspecified atom stereocenters. The van der Waals surface area contributed by atoms with E-state index in [0.29, 0.717) is 11.3 Å². The first-order chi connectivity index (χ1) is 16.1. The second kappa shape index (κ2) is 9.89. The van der Waals surface area contributed by atoms with Gasteiger partial charge in [0.15, 0.2) is 0 Å². The summed E-state index contributed by atoms with van der Waals surface area (Å²) in [5.74, 6) is 0.867. The van der Waals surface area contributed by atoms with E-state index in [2.05, 4.69) is 26.7 Å². The highest BCUT2D eigenvalue weighted by Gasteiger charge is 2.27. The molecular weight excluding hydrogens is 456 g/mol. The third-order valence-electron chi connectivity index (χ3n) is 5.92. The van der Waals surface area contributed by atoms with Crippen molar-refractivity contribution < 1.29 is 14.1 Å². The third kappa shape index (κ3) is 5.43. The number of piperazine rings is 1. The van der Waals surface area contributed by atoms with Crippen molar-refractivity contribution in [1.29, 1.82) is 0 Å². The Morgan fingerprint density at radius 3 is 2.73 bits per heavy atom. The Morgan fingerprint density at radius 2 is 2.00 bits per heavy atom. The first-order valence-corrected chi connectivity index (χ1v) is 13.5. The van der Waals surface area contributed by atoms with Crippen molar-refractivity contribution in [3.8, 4) is 5.75 Å². The summed E-state index contributed by atoms with van der Waals surface area (Å²) < 4.78 is 21.7. The molecule has 1 N–H and O–H groups in total. The van der Waals surface area contributed by atoms with Gasteiger partial charge in [-0.3, -0.25) is 9.69 Å². The molecule has 1 aromatic heterocycles. The smallest absolute Gasteiger partial charge is 0.294 e. The molecule has 0 spiro atoms. The minimum absolute atomic E-state index is 0.288. The summed E-state index contributed by atoms with van der Waals surface area (Å²) in [6.07, 6.45) is 2.45. The number of benzene rings is 2. The van der Waals surface area contributed by atoms with E-state index in [1.807, 2.05) is 24.3 Å². The molecule has 9 heteroatoms. The second-order valence-corrected chi connectivity index (χ2v) is 11.0. The van der Waals surface area contributed by atoms with E-state index in [-0.39, 0.29) is 12.0 Å². The lowest BCUT2D eigenvalue weighted by atomic mass is 10.1. The zero-order chi connectivity index (χ0) is 22.8. The summed E-state index contributed by atoms with van der Waals surface area (Å²) in [5.41, 5.74) is 2.45. The van der Waals surface area contributed by atoms with Gasteiger partial charge in [0.05, 0.1) is 45.5 Å². The minimum Gasteiger partial charge on any atom is -0.593 e. The summed E-state index contributed by atoms with van der Waals surface area (Å²) in [5, 5.41) is 1.13. The van der Waals surface area contributed by atoms with Gasteiger partial charge in [-0.1, -0.05) is 12.1 Å². The Kier molecular flexibility index (Phi) is 6.73. The number of nitrogens with zero attached hydrogens (tertiary/aromatic N) is 3. The number of nitrogens with one attached hydrogen (secondary N) is 1. The average Bonchev–Trinajstić information content (AvgIpc) is 3.55. The molecule has 1 atom stereocenters. The average molecular weight is 485 g/mol. The first-order valence-electron chi connectivity index (χ1n) is 11.4. The third-order valence-corrected chi connectivity index (χ3v) is 7.88. The molecule has 2 aromatic carbocycles. The molecule has 3 aromatic rings. The van der Waals surface area contributed by atoms with E-state index in [9.17, 15) is 9.35 Å².